The van der Waals surface area contributed by atoms with Gasteiger partial charge >= 0.3 is 11.8 Å². The molecule has 2 rings (SSSR count). The molecule has 0 bridgehead atoms. The second kappa shape index (κ2) is 4.13. The molecule has 0 aliphatic heterocycles. The van der Waals surface area contributed by atoms with E-state index < -0.39 is 6.09 Å². The summed E-state index contributed by atoms with van der Waals surface area (Å²) in [5.41, 5.74) is 5.58. The third-order valence-electron chi connectivity index (χ3n) is 1.42. The first-order valence-electron chi connectivity index (χ1n) is 3.75. The van der Waals surface area contributed by atoms with E-state index in [0.717, 1.165) is 11.0 Å². The Labute approximate surface area is 78.4 Å². The van der Waals surface area contributed by atoms with Crippen molar-refractivity contribution in [3.63, 3.8) is 0 Å². The van der Waals surface area contributed by atoms with Crippen LogP contribution in [0.25, 0.3) is 11.0 Å². The number of fused-ring (bicyclic) bond motifs is 1. The normalized spacial score (nSPS) is 9.14. The summed E-state index contributed by atoms with van der Waals surface area (Å²) >= 11 is 0. The van der Waals surface area contributed by atoms with Gasteiger partial charge in [0.1, 0.15) is 0 Å². The maximum atomic E-state index is 10.7. The second-order valence-corrected chi connectivity index (χ2v) is 2.46. The number of amides is 1. The van der Waals surface area contributed by atoms with E-state index in [2.05, 4.69) is 15.7 Å². The van der Waals surface area contributed by atoms with Gasteiger partial charge in [-0.25, -0.2) is 9.59 Å². The van der Waals surface area contributed by atoms with Gasteiger partial charge in [0, 0.05) is 0 Å². The molecule has 1 heterocycles. The molecule has 2 aromatic rings. The van der Waals surface area contributed by atoms with Crippen molar-refractivity contribution in [3.05, 3.63) is 34.7 Å². The Balaban J connectivity index is 0.000000213. The van der Waals surface area contributed by atoms with Gasteiger partial charge in [-0.05, 0) is 12.1 Å². The fourth-order valence-electron chi connectivity index (χ4n) is 0.977. The summed E-state index contributed by atoms with van der Waals surface area (Å²) in [5.74, 6) is 0. The number of carboxylic acid groups (broad SMARTS) is 1. The van der Waals surface area contributed by atoms with Crippen molar-refractivity contribution in [2.75, 3.05) is 0 Å². The van der Waals surface area contributed by atoms with Crippen LogP contribution >= 0.6 is 0 Å². The predicted octanol–water partition coefficient (Wildman–Crippen LogP) is 0.479. The summed E-state index contributed by atoms with van der Waals surface area (Å²) in [6.45, 7) is 0. The van der Waals surface area contributed by atoms with Crippen LogP contribution in [-0.4, -0.2) is 21.2 Å². The number of primary amides is 1. The number of benzene rings is 1. The van der Waals surface area contributed by atoms with E-state index in [1.807, 2.05) is 24.3 Å². The molecule has 0 unspecified atom stereocenters. The molecule has 1 aromatic carbocycles. The van der Waals surface area contributed by atoms with Crippen LogP contribution in [0.15, 0.2) is 29.1 Å². The highest BCUT2D eigenvalue weighted by Crippen LogP contribution is 2.03. The number of H-pyrrole nitrogens is 2. The van der Waals surface area contributed by atoms with Crippen molar-refractivity contribution in [1.29, 1.82) is 0 Å². The molecule has 0 fully saturated rings. The molecule has 0 aliphatic carbocycles. The zero-order chi connectivity index (χ0) is 10.6. The Hall–Kier alpha value is -2.24. The molecule has 5 N–H and O–H groups in total. The number of nitrogens with two attached hydrogens (primary N) is 1. The Morgan fingerprint density at radius 1 is 1.21 bits per heavy atom. The third-order valence-corrected chi connectivity index (χ3v) is 1.42. The lowest BCUT2D eigenvalue weighted by Gasteiger charge is -1.81. The van der Waals surface area contributed by atoms with Crippen molar-refractivity contribution < 1.29 is 9.90 Å². The van der Waals surface area contributed by atoms with E-state index in [4.69, 9.17) is 9.90 Å². The zero-order valence-corrected chi connectivity index (χ0v) is 7.15. The lowest BCUT2D eigenvalue weighted by atomic mass is 10.3. The van der Waals surface area contributed by atoms with Gasteiger partial charge in [0.05, 0.1) is 11.0 Å². The molecule has 0 spiro atoms. The molecule has 14 heavy (non-hydrogen) atoms. The molecule has 0 atom stereocenters. The van der Waals surface area contributed by atoms with Crippen molar-refractivity contribution in [2.45, 2.75) is 0 Å². The minimum atomic E-state index is -1.33. The number of imidazole rings is 1. The van der Waals surface area contributed by atoms with Gasteiger partial charge in [0.2, 0.25) is 0 Å². The van der Waals surface area contributed by atoms with Crippen molar-refractivity contribution in [2.24, 2.45) is 5.73 Å². The van der Waals surface area contributed by atoms with Gasteiger partial charge in [-0.1, -0.05) is 12.1 Å². The number of hydrogen-bond acceptors (Lipinski definition) is 2. The van der Waals surface area contributed by atoms with Gasteiger partial charge in [-0.2, -0.15) is 0 Å². The molecule has 0 radical (unpaired) electrons. The van der Waals surface area contributed by atoms with Crippen LogP contribution in [-0.2, 0) is 0 Å². The van der Waals surface area contributed by atoms with Crippen LogP contribution in [0.2, 0.25) is 0 Å². The summed E-state index contributed by atoms with van der Waals surface area (Å²) in [7, 11) is 0. The number of aromatic nitrogens is 2. The summed E-state index contributed by atoms with van der Waals surface area (Å²) in [5, 5.41) is 7.19. The quantitative estimate of drug-likeness (QED) is 0.490. The molecule has 0 saturated carbocycles. The average molecular weight is 195 g/mol. The average Bonchev–Trinajstić information content (AvgIpc) is 2.42. The molecule has 0 saturated heterocycles. The minimum Gasteiger partial charge on any atom is -0.465 e. The van der Waals surface area contributed by atoms with E-state index in [-0.39, 0.29) is 5.69 Å². The first-order valence-corrected chi connectivity index (χ1v) is 3.75. The molecular weight excluding hydrogens is 186 g/mol. The van der Waals surface area contributed by atoms with Crippen molar-refractivity contribution in [1.82, 2.24) is 9.97 Å². The van der Waals surface area contributed by atoms with Crippen LogP contribution in [0.1, 0.15) is 0 Å². The maximum absolute atomic E-state index is 10.7. The van der Waals surface area contributed by atoms with E-state index in [9.17, 15) is 4.79 Å². The van der Waals surface area contributed by atoms with Gasteiger partial charge in [0.15, 0.2) is 0 Å². The van der Waals surface area contributed by atoms with E-state index in [1.54, 1.807) is 0 Å². The number of nitrogens with one attached hydrogen (secondary N) is 2. The molecular formula is C8H9N3O3. The Morgan fingerprint density at radius 3 is 1.93 bits per heavy atom. The minimum absolute atomic E-state index is 0.152. The van der Waals surface area contributed by atoms with Crippen LogP contribution in [0, 0.1) is 0 Å². The molecule has 0 aliphatic rings. The molecule has 1 aromatic heterocycles. The van der Waals surface area contributed by atoms with E-state index in [1.165, 1.54) is 0 Å². The Morgan fingerprint density at radius 2 is 1.57 bits per heavy atom. The first kappa shape index (κ1) is 9.85. The lowest BCUT2D eigenvalue weighted by molar-refractivity contribution is 0.205. The van der Waals surface area contributed by atoms with Crippen LogP contribution in [0.5, 0.6) is 0 Å². The summed E-state index contributed by atoms with van der Waals surface area (Å²) in [4.78, 5) is 24.8. The summed E-state index contributed by atoms with van der Waals surface area (Å²) < 4.78 is 0. The van der Waals surface area contributed by atoms with Gasteiger partial charge < -0.3 is 20.8 Å². The predicted molar refractivity (Wildman–Crippen MR) is 51.1 cm³/mol. The lowest BCUT2D eigenvalue weighted by Crippen LogP contribution is -2.03. The fourth-order valence-corrected chi connectivity index (χ4v) is 0.977. The Bertz CT molecular complexity index is 446. The summed E-state index contributed by atoms with van der Waals surface area (Å²) in [6, 6.07) is 7.47. The summed E-state index contributed by atoms with van der Waals surface area (Å²) in [6.07, 6.45) is -1.33. The van der Waals surface area contributed by atoms with Gasteiger partial charge in [-0.15, -0.1) is 0 Å². The van der Waals surface area contributed by atoms with Crippen LogP contribution in [0.4, 0.5) is 4.79 Å². The van der Waals surface area contributed by atoms with E-state index >= 15 is 0 Å². The highest BCUT2D eigenvalue weighted by Gasteiger charge is 1.92. The number of aromatic amines is 2. The largest absolute Gasteiger partial charge is 0.465 e. The molecule has 1 amide bonds. The molecule has 6 nitrogen and oxygen atoms in total. The fraction of sp³-hybridized carbons (Fsp3) is 0. The van der Waals surface area contributed by atoms with Crippen LogP contribution < -0.4 is 11.4 Å². The van der Waals surface area contributed by atoms with Gasteiger partial charge in [-0.3, -0.25) is 0 Å². The smallest absolute Gasteiger partial charge is 0.402 e. The number of carbonyl (C=O) groups is 1. The Kier molecular flexibility index (Phi) is 2.90. The second-order valence-electron chi connectivity index (χ2n) is 2.46. The van der Waals surface area contributed by atoms with E-state index in [0.29, 0.717) is 0 Å². The maximum Gasteiger partial charge on any atom is 0.402 e. The molecule has 6 heteroatoms. The topological polar surface area (TPSA) is 112 Å². The standard InChI is InChI=1S/C7H6N2O.CH3NO2/c10-7-8-5-3-1-2-4-6(5)9-7;2-1(3)4/h1-4H,(H2,8,9,10);2H2,(H,3,4). The number of hydrogen-bond donors (Lipinski definition) is 4. The third kappa shape index (κ3) is 2.67. The SMILES string of the molecule is NC(=O)O.O=c1[nH]c2ccccc2[nH]1. The highest BCUT2D eigenvalue weighted by atomic mass is 16.4. The number of para-hydroxylation sites is 2. The highest BCUT2D eigenvalue weighted by molar-refractivity contribution is 5.73. The van der Waals surface area contributed by atoms with Crippen LogP contribution in [0.3, 0.4) is 0 Å². The van der Waals surface area contributed by atoms with Crippen molar-refractivity contribution in [3.8, 4) is 0 Å². The first-order chi connectivity index (χ1) is 6.59. The molecule has 74 valence electrons. The van der Waals surface area contributed by atoms with Crippen molar-refractivity contribution >= 4 is 17.1 Å². The monoisotopic (exact) mass is 195 g/mol. The number of rotatable bonds is 0. The van der Waals surface area contributed by atoms with Gasteiger partial charge in [0.25, 0.3) is 0 Å². The zero-order valence-electron chi connectivity index (χ0n) is 7.15.